The minimum Gasteiger partial charge on any atom is -0.274 e. The Balaban J connectivity index is 1.86. The molecule has 6 nitrogen and oxygen atoms in total. The number of halogens is 1. The van der Waals surface area contributed by atoms with Gasteiger partial charge < -0.3 is 0 Å². The van der Waals surface area contributed by atoms with E-state index in [-0.39, 0.29) is 35.5 Å². The summed E-state index contributed by atoms with van der Waals surface area (Å²) in [5.41, 5.74) is 1.88. The third-order valence-electron chi connectivity index (χ3n) is 8.44. The van der Waals surface area contributed by atoms with Crippen molar-refractivity contribution >= 4 is 56.4 Å². The maximum atomic E-state index is 13.9. The maximum absolute atomic E-state index is 13.9. The molecular weight excluding hydrogens is 556 g/mol. The molecule has 0 saturated heterocycles. The van der Waals surface area contributed by atoms with Crippen LogP contribution in [0.2, 0.25) is 0 Å². The zero-order chi connectivity index (χ0) is 28.4. The molecule has 2 unspecified atom stereocenters. The van der Waals surface area contributed by atoms with Crippen LogP contribution in [0.3, 0.4) is 0 Å². The van der Waals surface area contributed by atoms with Crippen molar-refractivity contribution in [3.63, 3.8) is 0 Å². The maximum Gasteiger partial charge on any atom is 0.262 e. The Morgan fingerprint density at radius 1 is 0.744 bits per heavy atom. The molecule has 208 valence electrons. The summed E-state index contributed by atoms with van der Waals surface area (Å²) >= 11 is 3.56. The Kier molecular flexibility index (Phi) is 9.10. The normalized spacial score (nSPS) is 16.3. The highest BCUT2D eigenvalue weighted by atomic mass is 79.9. The highest BCUT2D eigenvalue weighted by Gasteiger charge is 2.42. The number of hydrogen-bond acceptors (Lipinski definition) is 4. The van der Waals surface area contributed by atoms with E-state index in [1.54, 1.807) is 18.2 Å². The van der Waals surface area contributed by atoms with E-state index in [1.807, 2.05) is 0 Å². The van der Waals surface area contributed by atoms with Gasteiger partial charge in [0.1, 0.15) is 0 Å². The Hall–Kier alpha value is -2.80. The van der Waals surface area contributed by atoms with Crippen molar-refractivity contribution in [1.82, 2.24) is 9.80 Å². The number of carbonyl (C=O) groups is 4. The van der Waals surface area contributed by atoms with Gasteiger partial charge in [0.05, 0.1) is 11.1 Å². The van der Waals surface area contributed by atoms with E-state index in [0.29, 0.717) is 56.2 Å². The number of imide groups is 2. The van der Waals surface area contributed by atoms with E-state index < -0.39 is 0 Å². The smallest absolute Gasteiger partial charge is 0.262 e. The zero-order valence-electron chi connectivity index (χ0n) is 23.6. The summed E-state index contributed by atoms with van der Waals surface area (Å²) in [5.74, 6) is -1.11. The first-order chi connectivity index (χ1) is 18.7. The number of benzene rings is 2. The van der Waals surface area contributed by atoms with Gasteiger partial charge in [0.25, 0.3) is 23.6 Å². The third-order valence-corrected chi connectivity index (χ3v) is 9.07. The second kappa shape index (κ2) is 12.2. The van der Waals surface area contributed by atoms with Crippen molar-refractivity contribution in [2.75, 3.05) is 13.1 Å². The van der Waals surface area contributed by atoms with E-state index in [2.05, 4.69) is 50.2 Å². The van der Waals surface area contributed by atoms with Gasteiger partial charge in [-0.25, -0.2) is 0 Å². The van der Waals surface area contributed by atoms with Gasteiger partial charge in [0.15, 0.2) is 0 Å². The standard InChI is InChI=1S/C32H39BrN2O4/c1-6-11-13-19(8-3)17-34-30(37)23-16-24(33)28-27-22(15-21(10-5)25(26(23)27)31(34)38)29(36)35(32(28)39)18-20(9-4)14-12-7-2/h10,15-16,19-20H,5-9,11-14,17-18H2,1-4H3. The third kappa shape index (κ3) is 5.10. The van der Waals surface area contributed by atoms with Crippen molar-refractivity contribution < 1.29 is 19.2 Å². The van der Waals surface area contributed by atoms with Gasteiger partial charge in [-0.3, -0.25) is 29.0 Å². The molecule has 0 spiro atoms. The molecule has 2 aliphatic rings. The fraction of sp³-hybridized carbons (Fsp3) is 0.500. The highest BCUT2D eigenvalue weighted by Crippen LogP contribution is 2.43. The molecular formula is C32H39BrN2O4. The molecule has 0 bridgehead atoms. The summed E-state index contributed by atoms with van der Waals surface area (Å²) < 4.78 is 0.466. The molecule has 0 N–H and O–H groups in total. The van der Waals surface area contributed by atoms with Crippen LogP contribution in [0.15, 0.2) is 23.2 Å². The molecule has 0 saturated carbocycles. The molecule has 0 aliphatic carbocycles. The van der Waals surface area contributed by atoms with Crippen molar-refractivity contribution in [3.05, 3.63) is 51.0 Å². The average Bonchev–Trinajstić information content (AvgIpc) is 2.93. The second-order valence-electron chi connectivity index (χ2n) is 10.9. The lowest BCUT2D eigenvalue weighted by atomic mass is 9.82. The molecule has 2 aliphatic heterocycles. The van der Waals surface area contributed by atoms with Crippen LogP contribution >= 0.6 is 15.9 Å². The molecule has 7 heteroatoms. The molecule has 0 aromatic heterocycles. The number of unbranched alkanes of at least 4 members (excludes halogenated alkanes) is 2. The monoisotopic (exact) mass is 594 g/mol. The van der Waals surface area contributed by atoms with E-state index >= 15 is 0 Å². The number of amides is 4. The van der Waals surface area contributed by atoms with E-state index in [1.165, 1.54) is 9.80 Å². The van der Waals surface area contributed by atoms with Crippen molar-refractivity contribution in [3.8, 4) is 0 Å². The molecule has 0 fully saturated rings. The molecule has 2 aromatic carbocycles. The van der Waals surface area contributed by atoms with E-state index in [9.17, 15) is 19.2 Å². The summed E-state index contributed by atoms with van der Waals surface area (Å²) in [7, 11) is 0. The zero-order valence-corrected chi connectivity index (χ0v) is 25.2. The summed E-state index contributed by atoms with van der Waals surface area (Å²) in [5, 5.41) is 0.792. The molecule has 2 heterocycles. The quantitative estimate of drug-likeness (QED) is 0.221. The van der Waals surface area contributed by atoms with Crippen LogP contribution in [0.5, 0.6) is 0 Å². The summed E-state index contributed by atoms with van der Waals surface area (Å²) in [6.45, 7) is 13.0. The molecule has 4 rings (SSSR count). The van der Waals surface area contributed by atoms with Gasteiger partial charge in [0.2, 0.25) is 0 Å². The van der Waals surface area contributed by atoms with Gasteiger partial charge >= 0.3 is 0 Å². The van der Waals surface area contributed by atoms with E-state index in [0.717, 1.165) is 51.4 Å². The van der Waals surface area contributed by atoms with Crippen molar-refractivity contribution in [1.29, 1.82) is 0 Å². The summed E-state index contributed by atoms with van der Waals surface area (Å²) in [6, 6.07) is 3.34. The van der Waals surface area contributed by atoms with Gasteiger partial charge in [-0.05, 0) is 58.3 Å². The lowest BCUT2D eigenvalue weighted by Gasteiger charge is -2.35. The van der Waals surface area contributed by atoms with Gasteiger partial charge in [-0.2, -0.15) is 0 Å². The topological polar surface area (TPSA) is 74.8 Å². The predicted octanol–water partition coefficient (Wildman–Crippen LogP) is 7.87. The van der Waals surface area contributed by atoms with Gasteiger partial charge in [-0.1, -0.05) is 78.9 Å². The Bertz CT molecular complexity index is 1350. The number of hydrogen-bond donors (Lipinski definition) is 0. The minimum absolute atomic E-state index is 0.207. The lowest BCUT2D eigenvalue weighted by Crippen LogP contribution is -2.46. The van der Waals surface area contributed by atoms with Crippen molar-refractivity contribution in [2.45, 2.75) is 79.1 Å². The highest BCUT2D eigenvalue weighted by molar-refractivity contribution is 9.10. The van der Waals surface area contributed by atoms with Crippen LogP contribution in [0, 0.1) is 11.8 Å². The number of carbonyl (C=O) groups excluding carboxylic acids is 4. The molecule has 4 amide bonds. The fourth-order valence-electron chi connectivity index (χ4n) is 5.99. The first kappa shape index (κ1) is 29.2. The fourth-order valence-corrected chi connectivity index (χ4v) is 6.59. The van der Waals surface area contributed by atoms with Crippen LogP contribution in [-0.4, -0.2) is 46.5 Å². The predicted molar refractivity (Wildman–Crippen MR) is 159 cm³/mol. The summed E-state index contributed by atoms with van der Waals surface area (Å²) in [4.78, 5) is 58.1. The largest absolute Gasteiger partial charge is 0.274 e. The minimum atomic E-state index is -0.384. The number of nitrogens with zero attached hydrogens (tertiary/aromatic N) is 2. The molecule has 0 radical (unpaired) electrons. The lowest BCUT2D eigenvalue weighted by molar-refractivity contribution is 0.0558. The van der Waals surface area contributed by atoms with Crippen LogP contribution in [0.25, 0.3) is 16.8 Å². The first-order valence-corrected chi connectivity index (χ1v) is 15.2. The van der Waals surface area contributed by atoms with Crippen LogP contribution < -0.4 is 0 Å². The Morgan fingerprint density at radius 3 is 1.67 bits per heavy atom. The Labute approximate surface area is 239 Å². The Morgan fingerprint density at radius 2 is 1.21 bits per heavy atom. The van der Waals surface area contributed by atoms with Gasteiger partial charge in [0, 0.05) is 39.5 Å². The molecule has 39 heavy (non-hydrogen) atoms. The SMILES string of the molecule is C=Cc1cc2c3c(c(Br)cc4c3c1C(=O)N(CC(CC)CCCC)C4=O)C(=O)N(CC(CC)CCCC)C2=O. The van der Waals surface area contributed by atoms with Crippen molar-refractivity contribution in [2.24, 2.45) is 11.8 Å². The van der Waals surface area contributed by atoms with Gasteiger partial charge in [-0.15, -0.1) is 0 Å². The van der Waals surface area contributed by atoms with Crippen LogP contribution in [-0.2, 0) is 0 Å². The second-order valence-corrected chi connectivity index (χ2v) is 11.8. The first-order valence-electron chi connectivity index (χ1n) is 14.4. The van der Waals surface area contributed by atoms with E-state index in [4.69, 9.17) is 0 Å². The van der Waals surface area contributed by atoms with Crippen LogP contribution in [0.1, 0.15) is 126 Å². The molecule has 2 atom stereocenters. The number of rotatable bonds is 13. The van der Waals surface area contributed by atoms with Crippen LogP contribution in [0.4, 0.5) is 0 Å². The molecule has 2 aromatic rings. The average molecular weight is 596 g/mol. The summed E-state index contributed by atoms with van der Waals surface area (Å²) in [6.07, 6.45) is 9.37.